The van der Waals surface area contributed by atoms with Crippen molar-refractivity contribution in [2.45, 2.75) is 65.5 Å². The summed E-state index contributed by atoms with van der Waals surface area (Å²) in [4.78, 5) is 16.9. The van der Waals surface area contributed by atoms with Crippen molar-refractivity contribution in [2.24, 2.45) is 0 Å². The average molecular weight is 427 g/mol. The molecule has 0 radical (unpaired) electrons. The summed E-state index contributed by atoms with van der Waals surface area (Å²) in [6, 6.07) is 11.2. The summed E-state index contributed by atoms with van der Waals surface area (Å²) in [6.45, 7) is 8.50. The molecule has 3 rings (SSSR count). The van der Waals surface area contributed by atoms with Crippen LogP contribution in [0.25, 0.3) is 11.1 Å². The van der Waals surface area contributed by atoms with Crippen molar-refractivity contribution in [3.05, 3.63) is 47.8 Å². The zero-order chi connectivity index (χ0) is 22.4. The Morgan fingerprint density at radius 1 is 1.03 bits per heavy atom. The van der Waals surface area contributed by atoms with E-state index in [0.29, 0.717) is 23.9 Å². The van der Waals surface area contributed by atoms with Gasteiger partial charge in [0, 0.05) is 31.7 Å². The summed E-state index contributed by atoms with van der Waals surface area (Å²) in [6.07, 6.45) is 5.71. The highest BCUT2D eigenvalue weighted by Crippen LogP contribution is 2.36. The Balaban J connectivity index is 2.12. The molecule has 0 aromatic heterocycles. The van der Waals surface area contributed by atoms with E-state index in [4.69, 9.17) is 4.74 Å². The lowest BCUT2D eigenvalue weighted by molar-refractivity contribution is -0.116. The van der Waals surface area contributed by atoms with E-state index in [1.807, 2.05) is 23.1 Å². The molecule has 0 saturated carbocycles. The van der Waals surface area contributed by atoms with E-state index in [2.05, 4.69) is 18.7 Å². The molecule has 2 aromatic rings. The predicted octanol–water partition coefficient (Wildman–Crippen LogP) is 6.03. The fraction of sp³-hybridized carbons (Fsp3) is 0.500. The number of benzene rings is 2. The SMILES string of the molecule is COc1cccc(F)c1-c1ccc2c(c1)CN(C(C)C)CCCCCCCN2C(C)=O. The first-order valence-corrected chi connectivity index (χ1v) is 11.4. The number of amides is 1. The Labute approximate surface area is 186 Å². The van der Waals surface area contributed by atoms with E-state index in [9.17, 15) is 9.18 Å². The minimum absolute atomic E-state index is 0.0469. The molecule has 5 heteroatoms. The van der Waals surface area contributed by atoms with Crippen LogP contribution in [0.4, 0.5) is 10.1 Å². The molecule has 168 valence electrons. The molecule has 2 aromatic carbocycles. The van der Waals surface area contributed by atoms with Crippen LogP contribution in [-0.2, 0) is 11.3 Å². The van der Waals surface area contributed by atoms with Gasteiger partial charge >= 0.3 is 0 Å². The molecule has 4 nitrogen and oxygen atoms in total. The van der Waals surface area contributed by atoms with Gasteiger partial charge in [0.05, 0.1) is 12.7 Å². The largest absolute Gasteiger partial charge is 0.496 e. The fourth-order valence-corrected chi connectivity index (χ4v) is 4.39. The van der Waals surface area contributed by atoms with Gasteiger partial charge in [0.25, 0.3) is 0 Å². The first-order chi connectivity index (χ1) is 14.9. The molecule has 1 aliphatic heterocycles. The highest BCUT2D eigenvalue weighted by Gasteiger charge is 2.21. The Morgan fingerprint density at radius 2 is 1.74 bits per heavy atom. The third kappa shape index (κ3) is 5.65. The summed E-state index contributed by atoms with van der Waals surface area (Å²) in [5.74, 6) is 0.250. The average Bonchev–Trinajstić information content (AvgIpc) is 2.73. The lowest BCUT2D eigenvalue weighted by Crippen LogP contribution is -2.34. The summed E-state index contributed by atoms with van der Waals surface area (Å²) < 4.78 is 20.2. The number of fused-ring (bicyclic) bond motifs is 1. The topological polar surface area (TPSA) is 32.8 Å². The van der Waals surface area contributed by atoms with Crippen LogP contribution in [0.1, 0.15) is 58.4 Å². The molecule has 1 amide bonds. The zero-order valence-corrected chi connectivity index (χ0v) is 19.3. The molecule has 0 unspecified atom stereocenters. The van der Waals surface area contributed by atoms with E-state index in [0.717, 1.165) is 42.7 Å². The summed E-state index contributed by atoms with van der Waals surface area (Å²) in [5, 5.41) is 0. The van der Waals surface area contributed by atoms with Crippen LogP contribution in [0.15, 0.2) is 36.4 Å². The lowest BCUT2D eigenvalue weighted by Gasteiger charge is -2.31. The first kappa shape index (κ1) is 23.3. The number of methoxy groups -OCH3 is 1. The van der Waals surface area contributed by atoms with Crippen molar-refractivity contribution in [1.29, 1.82) is 0 Å². The molecule has 0 aliphatic carbocycles. The van der Waals surface area contributed by atoms with Gasteiger partial charge in [-0.05, 0) is 68.6 Å². The molecule has 1 heterocycles. The van der Waals surface area contributed by atoms with Crippen LogP contribution in [-0.4, -0.2) is 37.0 Å². The first-order valence-electron chi connectivity index (χ1n) is 11.4. The monoisotopic (exact) mass is 426 g/mol. The van der Waals surface area contributed by atoms with Crippen LogP contribution in [0.5, 0.6) is 5.75 Å². The van der Waals surface area contributed by atoms with Gasteiger partial charge in [-0.15, -0.1) is 0 Å². The Kier molecular flexibility index (Phi) is 8.08. The van der Waals surface area contributed by atoms with Gasteiger partial charge in [-0.25, -0.2) is 4.39 Å². The maximum Gasteiger partial charge on any atom is 0.223 e. The number of ether oxygens (including phenoxy) is 1. The van der Waals surface area contributed by atoms with Crippen molar-refractivity contribution in [2.75, 3.05) is 25.1 Å². The van der Waals surface area contributed by atoms with Crippen molar-refractivity contribution in [1.82, 2.24) is 4.90 Å². The second-order valence-electron chi connectivity index (χ2n) is 8.66. The quantitative estimate of drug-likeness (QED) is 0.601. The number of hydrogen-bond acceptors (Lipinski definition) is 3. The van der Waals surface area contributed by atoms with Gasteiger partial charge < -0.3 is 9.64 Å². The molecule has 0 fully saturated rings. The normalized spacial score (nSPS) is 16.4. The Hall–Kier alpha value is -2.40. The van der Waals surface area contributed by atoms with Crippen LogP contribution < -0.4 is 9.64 Å². The molecule has 31 heavy (non-hydrogen) atoms. The molecule has 0 N–H and O–H groups in total. The number of carbonyl (C=O) groups excluding carboxylic acids is 1. The van der Waals surface area contributed by atoms with Crippen LogP contribution in [0.3, 0.4) is 0 Å². The number of halogens is 1. The van der Waals surface area contributed by atoms with Crippen molar-refractivity contribution in [3.63, 3.8) is 0 Å². The molecule has 1 aliphatic rings. The standard InChI is InChI=1S/C26H35FN2O2/c1-19(2)28-15-8-6-5-7-9-16-29(20(3)30)24-14-13-21(17-22(24)18-28)26-23(27)11-10-12-25(26)31-4/h10-14,17,19H,5-9,15-16,18H2,1-4H3. The highest BCUT2D eigenvalue weighted by atomic mass is 19.1. The summed E-state index contributed by atoms with van der Waals surface area (Å²) in [5.41, 5.74) is 3.21. The number of nitrogens with zero attached hydrogens (tertiary/aromatic N) is 2. The highest BCUT2D eigenvalue weighted by molar-refractivity contribution is 5.93. The van der Waals surface area contributed by atoms with E-state index >= 15 is 0 Å². The van der Waals surface area contributed by atoms with Gasteiger partial charge in [-0.2, -0.15) is 0 Å². The van der Waals surface area contributed by atoms with E-state index in [1.54, 1.807) is 26.2 Å². The summed E-state index contributed by atoms with van der Waals surface area (Å²) >= 11 is 0. The minimum atomic E-state index is -0.309. The van der Waals surface area contributed by atoms with Gasteiger partial charge in [0.1, 0.15) is 11.6 Å². The third-order valence-electron chi connectivity index (χ3n) is 6.17. The van der Waals surface area contributed by atoms with Crippen molar-refractivity contribution >= 4 is 11.6 Å². The Bertz CT molecular complexity index is 897. The van der Waals surface area contributed by atoms with Crippen molar-refractivity contribution < 1.29 is 13.9 Å². The maximum absolute atomic E-state index is 14.8. The Morgan fingerprint density at radius 3 is 2.42 bits per heavy atom. The maximum atomic E-state index is 14.8. The summed E-state index contributed by atoms with van der Waals surface area (Å²) in [7, 11) is 1.56. The number of carbonyl (C=O) groups is 1. The minimum Gasteiger partial charge on any atom is -0.496 e. The van der Waals surface area contributed by atoms with Gasteiger partial charge in [0.2, 0.25) is 5.91 Å². The van der Waals surface area contributed by atoms with E-state index in [1.165, 1.54) is 25.3 Å². The van der Waals surface area contributed by atoms with Crippen molar-refractivity contribution in [3.8, 4) is 16.9 Å². The van der Waals surface area contributed by atoms with Gasteiger partial charge in [-0.3, -0.25) is 9.69 Å². The van der Waals surface area contributed by atoms with Crippen LogP contribution in [0, 0.1) is 5.82 Å². The lowest BCUT2D eigenvalue weighted by atomic mass is 9.98. The molecule has 0 atom stereocenters. The molecule has 0 bridgehead atoms. The van der Waals surface area contributed by atoms with E-state index < -0.39 is 0 Å². The zero-order valence-electron chi connectivity index (χ0n) is 19.3. The number of anilines is 1. The molecule has 0 spiro atoms. The van der Waals surface area contributed by atoms with E-state index in [-0.39, 0.29) is 11.7 Å². The molecular weight excluding hydrogens is 391 g/mol. The van der Waals surface area contributed by atoms with Gasteiger partial charge in [0.15, 0.2) is 0 Å². The molecular formula is C26H35FN2O2. The number of hydrogen-bond donors (Lipinski definition) is 0. The van der Waals surface area contributed by atoms with Crippen LogP contribution >= 0.6 is 0 Å². The fourth-order valence-electron chi connectivity index (χ4n) is 4.39. The smallest absolute Gasteiger partial charge is 0.223 e. The predicted molar refractivity (Wildman–Crippen MR) is 125 cm³/mol. The third-order valence-corrected chi connectivity index (χ3v) is 6.17. The second-order valence-corrected chi connectivity index (χ2v) is 8.66. The second kappa shape index (κ2) is 10.8. The van der Waals surface area contributed by atoms with Gasteiger partial charge in [-0.1, -0.05) is 31.4 Å². The number of rotatable bonds is 3. The van der Waals surface area contributed by atoms with Crippen LogP contribution in [0.2, 0.25) is 0 Å². The molecule has 0 saturated heterocycles.